The first kappa shape index (κ1) is 31.3. The molecule has 0 unspecified atom stereocenters. The Labute approximate surface area is 259 Å². The average molecular weight is 601 g/mol. The zero-order valence-corrected chi connectivity index (χ0v) is 25.4. The number of aromatic amines is 1. The van der Waals surface area contributed by atoms with Gasteiger partial charge in [-0.3, -0.25) is 14.4 Å². The molecule has 2 aromatic carbocycles. The van der Waals surface area contributed by atoms with E-state index in [1.54, 1.807) is 4.90 Å². The lowest BCUT2D eigenvalue weighted by Crippen LogP contribution is -2.53. The summed E-state index contributed by atoms with van der Waals surface area (Å²) in [5.74, 6) is -1.42. The van der Waals surface area contributed by atoms with Crippen molar-refractivity contribution in [1.29, 1.82) is 0 Å². The summed E-state index contributed by atoms with van der Waals surface area (Å²) >= 11 is 0. The van der Waals surface area contributed by atoms with E-state index in [1.165, 1.54) is 24.2 Å². The van der Waals surface area contributed by atoms with E-state index in [4.69, 9.17) is 0 Å². The highest BCUT2D eigenvalue weighted by Gasteiger charge is 2.36. The van der Waals surface area contributed by atoms with Gasteiger partial charge < -0.3 is 25.2 Å². The van der Waals surface area contributed by atoms with Crippen LogP contribution in [0, 0.1) is 5.92 Å². The van der Waals surface area contributed by atoms with E-state index in [-0.39, 0.29) is 30.7 Å². The van der Waals surface area contributed by atoms with Gasteiger partial charge in [0.15, 0.2) is 0 Å². The largest absolute Gasteiger partial charge is 0.480 e. The maximum atomic E-state index is 14.3. The fourth-order valence-electron chi connectivity index (χ4n) is 6.79. The third-order valence-electron chi connectivity index (χ3n) is 9.25. The molecule has 5 rings (SSSR count). The SMILES string of the molecule is O=C(Cc1c[nH]c2ccccc12)N[C@H](CCc1ccccc1)C(=O)N(CCC1CCCCC1)CC(=O)N1CCC[C@@H]1C(=O)O. The van der Waals surface area contributed by atoms with Crippen molar-refractivity contribution in [1.82, 2.24) is 20.1 Å². The number of carbonyl (C=O) groups is 4. The molecular formula is C35H44N4O5. The molecule has 0 bridgehead atoms. The zero-order chi connectivity index (χ0) is 30.9. The number of carboxylic acids is 1. The van der Waals surface area contributed by atoms with Crippen LogP contribution in [-0.2, 0) is 32.0 Å². The van der Waals surface area contributed by atoms with E-state index >= 15 is 0 Å². The van der Waals surface area contributed by atoms with E-state index in [0.29, 0.717) is 44.7 Å². The first-order chi connectivity index (χ1) is 21.4. The number of rotatable bonds is 13. The highest BCUT2D eigenvalue weighted by atomic mass is 16.4. The fraction of sp³-hybridized carbons (Fsp3) is 0.486. The number of benzene rings is 2. The lowest BCUT2D eigenvalue weighted by atomic mass is 9.87. The van der Waals surface area contributed by atoms with Gasteiger partial charge in [0.2, 0.25) is 17.7 Å². The summed E-state index contributed by atoms with van der Waals surface area (Å²) in [5.41, 5.74) is 2.86. The van der Waals surface area contributed by atoms with Crippen LogP contribution in [0.15, 0.2) is 60.8 Å². The van der Waals surface area contributed by atoms with Crippen molar-refractivity contribution < 1.29 is 24.3 Å². The number of hydrogen-bond acceptors (Lipinski definition) is 4. The van der Waals surface area contributed by atoms with Crippen LogP contribution in [0.3, 0.4) is 0 Å². The average Bonchev–Trinajstić information content (AvgIpc) is 3.70. The second-order valence-corrected chi connectivity index (χ2v) is 12.3. The number of fused-ring (bicyclic) bond motifs is 1. The van der Waals surface area contributed by atoms with Crippen molar-refractivity contribution in [2.24, 2.45) is 5.92 Å². The normalized spacial score (nSPS) is 17.8. The molecule has 0 spiro atoms. The monoisotopic (exact) mass is 600 g/mol. The Morgan fingerprint density at radius 3 is 2.48 bits per heavy atom. The predicted molar refractivity (Wildman–Crippen MR) is 169 cm³/mol. The van der Waals surface area contributed by atoms with Gasteiger partial charge in [-0.25, -0.2) is 4.79 Å². The number of hydrogen-bond donors (Lipinski definition) is 3. The first-order valence-corrected chi connectivity index (χ1v) is 16.1. The molecule has 2 heterocycles. The van der Waals surface area contributed by atoms with E-state index in [9.17, 15) is 24.3 Å². The Hall–Kier alpha value is -4.14. The Balaban J connectivity index is 1.34. The van der Waals surface area contributed by atoms with Crippen molar-refractivity contribution in [2.45, 2.75) is 82.7 Å². The summed E-state index contributed by atoms with van der Waals surface area (Å²) < 4.78 is 0. The molecule has 1 aliphatic heterocycles. The molecule has 2 atom stereocenters. The molecule has 3 aromatic rings. The third kappa shape index (κ3) is 8.07. The molecule has 1 aromatic heterocycles. The number of aryl methyl sites for hydroxylation is 1. The van der Waals surface area contributed by atoms with Gasteiger partial charge in [-0.15, -0.1) is 0 Å². The first-order valence-electron chi connectivity index (χ1n) is 16.1. The zero-order valence-electron chi connectivity index (χ0n) is 25.4. The summed E-state index contributed by atoms with van der Waals surface area (Å²) in [6.07, 6.45) is 10.6. The van der Waals surface area contributed by atoms with Crippen molar-refractivity contribution in [3.05, 3.63) is 71.9 Å². The van der Waals surface area contributed by atoms with Gasteiger partial charge in [0.1, 0.15) is 12.1 Å². The molecule has 2 fully saturated rings. The third-order valence-corrected chi connectivity index (χ3v) is 9.25. The molecule has 1 aliphatic carbocycles. The Morgan fingerprint density at radius 2 is 1.70 bits per heavy atom. The van der Waals surface area contributed by atoms with Gasteiger partial charge in [0.25, 0.3) is 0 Å². The number of para-hydroxylation sites is 1. The second kappa shape index (κ2) is 15.0. The highest BCUT2D eigenvalue weighted by Crippen LogP contribution is 2.27. The number of nitrogens with zero attached hydrogens (tertiary/aromatic N) is 2. The number of aliphatic carboxylic acids is 1. The lowest BCUT2D eigenvalue weighted by molar-refractivity contribution is -0.150. The number of carbonyl (C=O) groups excluding carboxylic acids is 3. The van der Waals surface area contributed by atoms with Crippen LogP contribution in [-0.4, -0.2) is 75.3 Å². The molecule has 1 saturated heterocycles. The number of carboxylic acid groups (broad SMARTS) is 1. The van der Waals surface area contributed by atoms with E-state index in [2.05, 4.69) is 10.3 Å². The summed E-state index contributed by atoms with van der Waals surface area (Å²) in [4.78, 5) is 59.1. The number of H-pyrrole nitrogens is 1. The maximum absolute atomic E-state index is 14.3. The standard InChI is InChI=1S/C35H44N4O5/c40-32(22-27-23-36-29-15-8-7-14-28(27)29)37-30(18-17-25-10-3-1-4-11-25)34(42)38(21-19-26-12-5-2-6-13-26)24-33(41)39-20-9-16-31(39)35(43)44/h1,3-4,7-8,10-11,14-15,23,26,30-31,36H,2,5-6,9,12-13,16-22,24H2,(H,37,40)(H,43,44)/t30-,31-/m1/s1. The van der Waals surface area contributed by atoms with Gasteiger partial charge in [-0.2, -0.15) is 0 Å². The predicted octanol–water partition coefficient (Wildman–Crippen LogP) is 4.70. The van der Waals surface area contributed by atoms with Crippen LogP contribution in [0.1, 0.15) is 68.9 Å². The molecule has 44 heavy (non-hydrogen) atoms. The van der Waals surface area contributed by atoms with Crippen LogP contribution in [0.5, 0.6) is 0 Å². The quantitative estimate of drug-likeness (QED) is 0.263. The fourth-order valence-corrected chi connectivity index (χ4v) is 6.79. The van der Waals surface area contributed by atoms with Crippen molar-refractivity contribution in [2.75, 3.05) is 19.6 Å². The lowest BCUT2D eigenvalue weighted by Gasteiger charge is -2.32. The van der Waals surface area contributed by atoms with Crippen LogP contribution < -0.4 is 5.32 Å². The molecule has 9 heteroatoms. The summed E-state index contributed by atoms with van der Waals surface area (Å²) in [6.45, 7) is 0.593. The van der Waals surface area contributed by atoms with Gasteiger partial charge in [0.05, 0.1) is 13.0 Å². The molecule has 2 aliphatic rings. The van der Waals surface area contributed by atoms with E-state index in [1.807, 2.05) is 60.8 Å². The Bertz CT molecular complexity index is 1430. The van der Waals surface area contributed by atoms with E-state index in [0.717, 1.165) is 41.3 Å². The van der Waals surface area contributed by atoms with Crippen molar-refractivity contribution >= 4 is 34.6 Å². The molecule has 0 radical (unpaired) electrons. The number of likely N-dealkylation sites (tertiary alicyclic amines) is 1. The summed E-state index contributed by atoms with van der Waals surface area (Å²) in [6, 6.07) is 16.0. The Morgan fingerprint density at radius 1 is 0.955 bits per heavy atom. The molecule has 234 valence electrons. The molecule has 9 nitrogen and oxygen atoms in total. The topological polar surface area (TPSA) is 123 Å². The van der Waals surface area contributed by atoms with Gasteiger partial charge in [0, 0.05) is 30.2 Å². The minimum absolute atomic E-state index is 0.119. The second-order valence-electron chi connectivity index (χ2n) is 12.3. The highest BCUT2D eigenvalue weighted by molar-refractivity contribution is 5.94. The van der Waals surface area contributed by atoms with Crippen molar-refractivity contribution in [3.8, 4) is 0 Å². The molecular weight excluding hydrogens is 556 g/mol. The number of aromatic nitrogens is 1. The Kier molecular flexibility index (Phi) is 10.7. The van der Waals surface area contributed by atoms with Crippen LogP contribution in [0.2, 0.25) is 0 Å². The molecule has 3 amide bonds. The maximum Gasteiger partial charge on any atom is 0.326 e. The summed E-state index contributed by atoms with van der Waals surface area (Å²) in [7, 11) is 0. The van der Waals surface area contributed by atoms with Crippen LogP contribution >= 0.6 is 0 Å². The summed E-state index contributed by atoms with van der Waals surface area (Å²) in [5, 5.41) is 13.6. The molecule has 3 N–H and O–H groups in total. The van der Waals surface area contributed by atoms with E-state index < -0.39 is 18.1 Å². The van der Waals surface area contributed by atoms with Gasteiger partial charge in [-0.1, -0.05) is 80.6 Å². The minimum Gasteiger partial charge on any atom is -0.480 e. The number of amides is 3. The van der Waals surface area contributed by atoms with Crippen LogP contribution in [0.25, 0.3) is 10.9 Å². The molecule has 1 saturated carbocycles. The van der Waals surface area contributed by atoms with Gasteiger partial charge >= 0.3 is 5.97 Å². The van der Waals surface area contributed by atoms with Crippen LogP contribution in [0.4, 0.5) is 0 Å². The minimum atomic E-state index is -1.01. The number of nitrogens with one attached hydrogen (secondary N) is 2. The smallest absolute Gasteiger partial charge is 0.326 e. The van der Waals surface area contributed by atoms with Crippen molar-refractivity contribution in [3.63, 3.8) is 0 Å². The van der Waals surface area contributed by atoms with Gasteiger partial charge in [-0.05, 0) is 55.2 Å².